The van der Waals surface area contributed by atoms with E-state index in [1.807, 2.05) is 0 Å². The summed E-state index contributed by atoms with van der Waals surface area (Å²) >= 11 is 4.30. The number of hydrogen-bond acceptors (Lipinski definition) is 2. The lowest BCUT2D eigenvalue weighted by atomic mass is 10.1. The normalized spacial score (nSPS) is 16.0. The Hall–Kier alpha value is 0.310. The highest BCUT2D eigenvalue weighted by Gasteiger charge is 2.07. The van der Waals surface area contributed by atoms with Crippen LogP contribution in [-0.4, -0.2) is 18.5 Å². The minimum atomic E-state index is 0.407. The molecule has 0 aliphatic carbocycles. The Morgan fingerprint density at radius 2 is 2.00 bits per heavy atom. The topological polar surface area (TPSA) is 9.23 Å². The van der Waals surface area contributed by atoms with Gasteiger partial charge in [-0.3, -0.25) is 0 Å². The molecule has 0 aromatic heterocycles. The van der Waals surface area contributed by atoms with Crippen molar-refractivity contribution < 1.29 is 4.74 Å². The van der Waals surface area contributed by atoms with Crippen LogP contribution in [0.3, 0.4) is 0 Å². The van der Waals surface area contributed by atoms with Crippen molar-refractivity contribution in [3.63, 3.8) is 0 Å². The molecule has 2 atom stereocenters. The van der Waals surface area contributed by atoms with Gasteiger partial charge in [0.2, 0.25) is 0 Å². The molecule has 0 saturated heterocycles. The van der Waals surface area contributed by atoms with E-state index in [1.165, 1.54) is 12.8 Å². The first-order valence-corrected chi connectivity index (χ1v) is 5.60. The highest BCUT2D eigenvalue weighted by Crippen LogP contribution is 2.10. The van der Waals surface area contributed by atoms with Gasteiger partial charge in [-0.25, -0.2) is 0 Å². The summed E-state index contributed by atoms with van der Waals surface area (Å²) in [4.78, 5) is 0. The van der Waals surface area contributed by atoms with Gasteiger partial charge in [0.25, 0.3) is 0 Å². The van der Waals surface area contributed by atoms with E-state index in [9.17, 15) is 0 Å². The molecular weight excluding hydrogens is 168 g/mol. The lowest BCUT2D eigenvalue weighted by molar-refractivity contribution is 0.0411. The molecule has 0 fully saturated rings. The van der Waals surface area contributed by atoms with E-state index >= 15 is 0 Å². The van der Waals surface area contributed by atoms with Gasteiger partial charge < -0.3 is 4.74 Å². The maximum atomic E-state index is 5.65. The predicted octanol–water partition coefficient (Wildman–Crippen LogP) is 3.15. The second kappa shape index (κ2) is 7.93. The Balaban J connectivity index is 3.43. The van der Waals surface area contributed by atoms with Gasteiger partial charge >= 0.3 is 0 Å². The molecule has 1 nitrogen and oxygen atoms in total. The third-order valence-electron chi connectivity index (χ3n) is 2.15. The van der Waals surface area contributed by atoms with Crippen molar-refractivity contribution in [2.45, 2.75) is 46.1 Å². The fraction of sp³-hybridized carbons (Fsp3) is 1.00. The van der Waals surface area contributed by atoms with Crippen molar-refractivity contribution in [3.8, 4) is 0 Å². The van der Waals surface area contributed by atoms with Crippen LogP contribution in [0.25, 0.3) is 0 Å². The van der Waals surface area contributed by atoms with E-state index < -0.39 is 0 Å². The third-order valence-corrected chi connectivity index (χ3v) is 2.66. The zero-order valence-corrected chi connectivity index (χ0v) is 9.44. The number of ether oxygens (including phenoxy) is 1. The molecule has 0 amide bonds. The molecule has 0 aromatic carbocycles. The Morgan fingerprint density at radius 3 is 2.42 bits per heavy atom. The van der Waals surface area contributed by atoms with Gasteiger partial charge in [-0.1, -0.05) is 20.3 Å². The number of rotatable bonds is 7. The molecule has 0 bridgehead atoms. The van der Waals surface area contributed by atoms with Crippen molar-refractivity contribution in [3.05, 3.63) is 0 Å². The molecule has 0 saturated carbocycles. The lowest BCUT2D eigenvalue weighted by Crippen LogP contribution is -2.16. The summed E-state index contributed by atoms with van der Waals surface area (Å²) in [6, 6.07) is 0. The number of thiol groups is 1. The molecule has 0 aromatic rings. The van der Waals surface area contributed by atoms with Crippen molar-refractivity contribution >= 4 is 12.6 Å². The van der Waals surface area contributed by atoms with Crippen molar-refractivity contribution in [1.82, 2.24) is 0 Å². The van der Waals surface area contributed by atoms with Crippen LogP contribution in [0.2, 0.25) is 0 Å². The predicted molar refractivity (Wildman–Crippen MR) is 58.0 cm³/mol. The van der Waals surface area contributed by atoms with E-state index in [1.54, 1.807) is 0 Å². The first-order chi connectivity index (χ1) is 5.74. The summed E-state index contributed by atoms with van der Waals surface area (Å²) in [6.45, 7) is 7.37. The van der Waals surface area contributed by atoms with Crippen molar-refractivity contribution in [1.29, 1.82) is 0 Å². The molecule has 2 heteroatoms. The smallest absolute Gasteiger partial charge is 0.0544 e. The monoisotopic (exact) mass is 190 g/mol. The molecule has 0 heterocycles. The van der Waals surface area contributed by atoms with E-state index in [0.29, 0.717) is 12.0 Å². The van der Waals surface area contributed by atoms with Crippen LogP contribution < -0.4 is 0 Å². The van der Waals surface area contributed by atoms with E-state index in [4.69, 9.17) is 4.74 Å². The molecule has 12 heavy (non-hydrogen) atoms. The van der Waals surface area contributed by atoms with Gasteiger partial charge in [-0.15, -0.1) is 0 Å². The van der Waals surface area contributed by atoms with E-state index in [0.717, 1.165) is 18.8 Å². The summed E-state index contributed by atoms with van der Waals surface area (Å²) in [5, 5.41) is 0. The maximum absolute atomic E-state index is 5.65. The van der Waals surface area contributed by atoms with E-state index in [-0.39, 0.29) is 0 Å². The van der Waals surface area contributed by atoms with Gasteiger partial charge in [0.1, 0.15) is 0 Å². The van der Waals surface area contributed by atoms with Crippen molar-refractivity contribution in [2.24, 2.45) is 5.92 Å². The lowest BCUT2D eigenvalue weighted by Gasteiger charge is -2.16. The second-order valence-corrected chi connectivity index (χ2v) is 3.75. The molecule has 0 N–H and O–H groups in total. The Kier molecular flexibility index (Phi) is 8.14. The van der Waals surface area contributed by atoms with Crippen LogP contribution in [-0.2, 0) is 4.74 Å². The third kappa shape index (κ3) is 5.90. The second-order valence-electron chi connectivity index (χ2n) is 3.39. The van der Waals surface area contributed by atoms with Crippen LogP contribution >= 0.6 is 12.6 Å². The van der Waals surface area contributed by atoms with Crippen LogP contribution in [0.15, 0.2) is 0 Å². The zero-order chi connectivity index (χ0) is 9.40. The summed E-state index contributed by atoms with van der Waals surface area (Å²) in [6.07, 6.45) is 3.98. The maximum Gasteiger partial charge on any atom is 0.0544 e. The van der Waals surface area contributed by atoms with Gasteiger partial charge in [-0.2, -0.15) is 12.6 Å². The summed E-state index contributed by atoms with van der Waals surface area (Å²) < 4.78 is 5.65. The largest absolute Gasteiger partial charge is 0.378 e. The first kappa shape index (κ1) is 12.3. The molecule has 2 unspecified atom stereocenters. The molecule has 0 radical (unpaired) electrons. The van der Waals surface area contributed by atoms with E-state index in [2.05, 4.69) is 33.4 Å². The highest BCUT2D eigenvalue weighted by molar-refractivity contribution is 7.80. The molecular formula is C10H22OS. The van der Waals surface area contributed by atoms with Crippen molar-refractivity contribution in [2.75, 3.05) is 12.4 Å². The molecule has 0 spiro atoms. The Labute approximate surface area is 82.3 Å². The van der Waals surface area contributed by atoms with Gasteiger partial charge in [0.15, 0.2) is 0 Å². The first-order valence-electron chi connectivity index (χ1n) is 4.97. The summed E-state index contributed by atoms with van der Waals surface area (Å²) in [5.41, 5.74) is 0. The summed E-state index contributed by atoms with van der Waals surface area (Å²) in [7, 11) is 0. The molecule has 0 aliphatic rings. The highest BCUT2D eigenvalue weighted by atomic mass is 32.1. The molecule has 0 aliphatic heterocycles. The SMILES string of the molecule is CCCC(CS)COC(C)CC. The fourth-order valence-corrected chi connectivity index (χ4v) is 1.34. The van der Waals surface area contributed by atoms with Gasteiger partial charge in [0.05, 0.1) is 12.7 Å². The standard InChI is InChI=1S/C10H22OS/c1-4-6-10(8-12)7-11-9(3)5-2/h9-10,12H,4-8H2,1-3H3. The van der Waals surface area contributed by atoms with Crippen LogP contribution in [0, 0.1) is 5.92 Å². The minimum Gasteiger partial charge on any atom is -0.378 e. The molecule has 0 rings (SSSR count). The number of hydrogen-bond donors (Lipinski definition) is 1. The quantitative estimate of drug-likeness (QED) is 0.607. The fourth-order valence-electron chi connectivity index (χ4n) is 1.05. The molecule has 74 valence electrons. The average molecular weight is 190 g/mol. The Morgan fingerprint density at radius 1 is 1.33 bits per heavy atom. The minimum absolute atomic E-state index is 0.407. The Bertz CT molecular complexity index is 95.8. The summed E-state index contributed by atoms with van der Waals surface area (Å²) in [5.74, 6) is 1.59. The van der Waals surface area contributed by atoms with Gasteiger partial charge in [-0.05, 0) is 31.4 Å². The van der Waals surface area contributed by atoms with Gasteiger partial charge in [0, 0.05) is 0 Å². The van der Waals surface area contributed by atoms with Crippen LogP contribution in [0.5, 0.6) is 0 Å². The van der Waals surface area contributed by atoms with Crippen LogP contribution in [0.1, 0.15) is 40.0 Å². The average Bonchev–Trinajstić information content (AvgIpc) is 2.11. The zero-order valence-electron chi connectivity index (χ0n) is 8.55. The van der Waals surface area contributed by atoms with Crippen LogP contribution in [0.4, 0.5) is 0 Å².